The van der Waals surface area contributed by atoms with Crippen LogP contribution in [0, 0.1) is 11.0 Å². The smallest absolute Gasteiger partial charge is 0.340 e. The summed E-state index contributed by atoms with van der Waals surface area (Å²) < 4.78 is 18.8. The van der Waals surface area contributed by atoms with E-state index >= 15 is 0 Å². The van der Waals surface area contributed by atoms with Crippen LogP contribution in [-0.2, 0) is 16.1 Å². The monoisotopic (exact) mass is 391 g/mol. The molecule has 0 aromatic heterocycles. The minimum absolute atomic E-state index is 0.0283. The molecule has 0 aliphatic rings. The van der Waals surface area contributed by atoms with Gasteiger partial charge in [0.1, 0.15) is 5.82 Å². The number of quaternary nitrogens is 1. The van der Waals surface area contributed by atoms with Crippen LogP contribution in [0.15, 0.2) is 42.5 Å². The van der Waals surface area contributed by atoms with Crippen molar-refractivity contribution in [3.8, 4) is 0 Å². The number of esters is 1. The number of hydrogen-bond acceptors (Lipinski definition) is 6. The Kier molecular flexibility index (Phi) is 7.05. The average molecular weight is 391 g/mol. The van der Waals surface area contributed by atoms with E-state index in [0.717, 1.165) is 0 Å². The summed E-state index contributed by atoms with van der Waals surface area (Å²) in [5, 5.41) is 19.1. The molecule has 28 heavy (non-hydrogen) atoms. The summed E-state index contributed by atoms with van der Waals surface area (Å²) in [6.45, 7) is -0.519. The lowest BCUT2D eigenvalue weighted by Crippen LogP contribution is -2.99. The normalized spacial score (nSPS) is 11.6. The van der Waals surface area contributed by atoms with Crippen molar-refractivity contribution in [3.05, 3.63) is 64.6 Å². The number of nitrogens with zero attached hydrogens (tertiary/aromatic N) is 2. The largest absolute Gasteiger partial charge is 0.595 e. The number of amides is 1. The van der Waals surface area contributed by atoms with E-state index in [1.165, 1.54) is 36.2 Å². The molecular formula is C19H22FN3O5. The Labute approximate surface area is 161 Å². The quantitative estimate of drug-likeness (QED) is 0.542. The van der Waals surface area contributed by atoms with Crippen LogP contribution in [0.3, 0.4) is 0 Å². The summed E-state index contributed by atoms with van der Waals surface area (Å²) in [6, 6.07) is 10.1. The zero-order valence-electron chi connectivity index (χ0n) is 15.8. The van der Waals surface area contributed by atoms with Gasteiger partial charge in [-0.2, -0.15) is 5.23 Å². The topological polar surface area (TPSA) is 97.6 Å². The maximum Gasteiger partial charge on any atom is 0.340 e. The Morgan fingerprint density at radius 1 is 1.18 bits per heavy atom. The van der Waals surface area contributed by atoms with E-state index in [4.69, 9.17) is 9.94 Å². The number of ether oxygens (including phenoxy) is 1. The summed E-state index contributed by atoms with van der Waals surface area (Å²) in [5.41, 5.74) is 0.769. The van der Waals surface area contributed by atoms with Crippen molar-refractivity contribution < 1.29 is 29.2 Å². The van der Waals surface area contributed by atoms with Gasteiger partial charge in [0.05, 0.1) is 11.3 Å². The van der Waals surface area contributed by atoms with Gasteiger partial charge in [0.25, 0.3) is 5.91 Å². The maximum atomic E-state index is 13.7. The van der Waals surface area contributed by atoms with Gasteiger partial charge in [-0.3, -0.25) is 4.79 Å². The lowest BCUT2D eigenvalue weighted by atomic mass is 10.1. The molecule has 150 valence electrons. The lowest BCUT2D eigenvalue weighted by molar-refractivity contribution is -0.991. The highest BCUT2D eigenvalue weighted by Crippen LogP contribution is 2.22. The minimum atomic E-state index is -1.18. The van der Waals surface area contributed by atoms with Crippen molar-refractivity contribution in [1.29, 1.82) is 0 Å². The summed E-state index contributed by atoms with van der Waals surface area (Å²) in [7, 11) is 4.86. The zero-order valence-corrected chi connectivity index (χ0v) is 15.8. The molecule has 2 N–H and O–H groups in total. The van der Waals surface area contributed by atoms with Crippen LogP contribution < -0.4 is 10.1 Å². The molecular weight excluding hydrogens is 369 g/mol. The third kappa shape index (κ3) is 5.26. The first kappa shape index (κ1) is 21.3. The predicted molar refractivity (Wildman–Crippen MR) is 99.7 cm³/mol. The highest BCUT2D eigenvalue weighted by molar-refractivity contribution is 5.97. The van der Waals surface area contributed by atoms with Crippen LogP contribution in [0.5, 0.6) is 0 Å². The van der Waals surface area contributed by atoms with E-state index in [9.17, 15) is 19.2 Å². The maximum absolute atomic E-state index is 13.7. The molecule has 0 aliphatic carbocycles. The van der Waals surface area contributed by atoms with Gasteiger partial charge >= 0.3 is 5.97 Å². The molecule has 0 heterocycles. The van der Waals surface area contributed by atoms with E-state index in [1.807, 2.05) is 0 Å². The second kappa shape index (κ2) is 9.27. The van der Waals surface area contributed by atoms with Gasteiger partial charge in [-0.25, -0.2) is 14.4 Å². The predicted octanol–water partition coefficient (Wildman–Crippen LogP) is 1.11. The molecule has 0 saturated heterocycles. The van der Waals surface area contributed by atoms with Crippen molar-refractivity contribution in [1.82, 2.24) is 4.90 Å². The number of hydrogen-bond donors (Lipinski definition) is 2. The number of halogens is 1. The van der Waals surface area contributed by atoms with Gasteiger partial charge in [-0.05, 0) is 12.1 Å². The van der Waals surface area contributed by atoms with Crippen molar-refractivity contribution in [2.24, 2.45) is 0 Å². The van der Waals surface area contributed by atoms with Crippen LogP contribution in [0.1, 0.15) is 15.9 Å². The average Bonchev–Trinajstić information content (AvgIpc) is 2.66. The third-order valence-electron chi connectivity index (χ3n) is 4.06. The molecule has 0 bridgehead atoms. The van der Waals surface area contributed by atoms with Crippen molar-refractivity contribution in [3.63, 3.8) is 0 Å². The van der Waals surface area contributed by atoms with Gasteiger partial charge in [-0.1, -0.05) is 18.2 Å². The molecule has 0 aliphatic heterocycles. The molecule has 2 aromatic carbocycles. The van der Waals surface area contributed by atoms with Crippen LogP contribution >= 0.6 is 0 Å². The van der Waals surface area contributed by atoms with E-state index in [1.54, 1.807) is 37.2 Å². The van der Waals surface area contributed by atoms with Crippen molar-refractivity contribution >= 4 is 23.3 Å². The molecule has 8 nitrogen and oxygen atoms in total. The number of carbonyl (C=O) groups is 2. The van der Waals surface area contributed by atoms with Gasteiger partial charge < -0.3 is 19.7 Å². The Bertz CT molecular complexity index is 857. The molecule has 1 unspecified atom stereocenters. The first-order valence-electron chi connectivity index (χ1n) is 8.40. The van der Waals surface area contributed by atoms with Crippen LogP contribution in [0.2, 0.25) is 0 Å². The van der Waals surface area contributed by atoms with E-state index < -0.39 is 29.5 Å². The van der Waals surface area contributed by atoms with Gasteiger partial charge in [-0.15, -0.1) is 0 Å². The number of carbonyl (C=O) groups excluding carboxylic acids is 2. The molecule has 2 rings (SSSR count). The molecule has 1 atom stereocenters. The number of anilines is 1. The van der Waals surface area contributed by atoms with Gasteiger partial charge in [0.2, 0.25) is 0 Å². The molecule has 1 amide bonds. The zero-order chi connectivity index (χ0) is 20.8. The number of rotatable bonds is 7. The van der Waals surface area contributed by atoms with Crippen molar-refractivity contribution in [2.75, 3.05) is 32.6 Å². The number of nitrogens with one attached hydrogen (secondary N) is 1. The fourth-order valence-electron chi connectivity index (χ4n) is 2.51. The molecule has 0 spiro atoms. The second-order valence-electron chi connectivity index (χ2n) is 6.35. The fraction of sp³-hybridized carbons (Fsp3) is 0.263. The van der Waals surface area contributed by atoms with Gasteiger partial charge in [0.15, 0.2) is 12.3 Å². The van der Waals surface area contributed by atoms with Crippen LogP contribution in [0.25, 0.3) is 0 Å². The molecule has 0 radical (unpaired) electrons. The van der Waals surface area contributed by atoms with Crippen LogP contribution in [-0.4, -0.2) is 49.7 Å². The van der Waals surface area contributed by atoms with Crippen molar-refractivity contribution in [2.45, 2.75) is 6.54 Å². The van der Waals surface area contributed by atoms with E-state index in [0.29, 0.717) is 11.3 Å². The summed E-state index contributed by atoms with van der Waals surface area (Å²) in [5.74, 6) is -1.77. The first-order chi connectivity index (χ1) is 13.2. The number of likely N-dealkylation sites (N-methyl/N-ethyl adjacent to an activating group) is 1. The van der Waals surface area contributed by atoms with Gasteiger partial charge in [0, 0.05) is 45.4 Å². The Morgan fingerprint density at radius 3 is 2.46 bits per heavy atom. The van der Waals surface area contributed by atoms with E-state index in [-0.39, 0.29) is 17.8 Å². The summed E-state index contributed by atoms with van der Waals surface area (Å²) in [4.78, 5) is 27.5. The van der Waals surface area contributed by atoms with Crippen LogP contribution in [0.4, 0.5) is 15.8 Å². The molecule has 2 aromatic rings. The highest BCUT2D eigenvalue weighted by atomic mass is 19.1. The first-order valence-corrected chi connectivity index (χ1v) is 8.40. The Hall–Kier alpha value is -3.01. The Balaban J connectivity index is 2.05. The van der Waals surface area contributed by atoms with E-state index in [2.05, 4.69) is 0 Å². The SMILES string of the molecule is CN(Cc1ccccc1F)C(=O)COC(=O)c1cc([NH+]([O-])O)ccc1N(C)C. The minimum Gasteiger partial charge on any atom is -0.595 e. The highest BCUT2D eigenvalue weighted by Gasteiger charge is 2.20. The fourth-order valence-corrected chi connectivity index (χ4v) is 2.51. The third-order valence-corrected chi connectivity index (χ3v) is 4.06. The number of benzene rings is 2. The standard InChI is InChI=1S/C19H22FN3O5/c1-21(2)17-9-8-14(23(26)27)10-15(17)19(25)28-12-18(24)22(3)11-13-6-4-5-7-16(13)20/h4-10,23,26H,11-12H2,1-3H3. The molecule has 0 fully saturated rings. The molecule has 9 heteroatoms. The summed E-state index contributed by atoms with van der Waals surface area (Å²) in [6.07, 6.45) is 0. The molecule has 0 saturated carbocycles. The summed E-state index contributed by atoms with van der Waals surface area (Å²) >= 11 is 0. The second-order valence-corrected chi connectivity index (χ2v) is 6.35. The lowest BCUT2D eigenvalue weighted by Gasteiger charge is -2.20. The Morgan fingerprint density at radius 2 is 1.86 bits per heavy atom.